The highest BCUT2D eigenvalue weighted by atomic mass is 32.1. The molecular weight excluding hydrogens is 332 g/mol. The number of primary amides is 1. The molecule has 3 N–H and O–H groups in total. The highest BCUT2D eigenvalue weighted by Gasteiger charge is 2.13. The zero-order valence-electron chi connectivity index (χ0n) is 13.8. The molecular formula is C19H18N4OS. The summed E-state index contributed by atoms with van der Waals surface area (Å²) in [6.07, 6.45) is 2.49. The molecule has 3 rings (SSSR count). The number of hydrogen-bond acceptors (Lipinski definition) is 5. The van der Waals surface area contributed by atoms with E-state index in [9.17, 15) is 4.79 Å². The summed E-state index contributed by atoms with van der Waals surface area (Å²) in [5.41, 5.74) is 9.47. The second-order valence-corrected chi connectivity index (χ2v) is 6.31. The number of nitrogens with zero attached hydrogens (tertiary/aromatic N) is 2. The lowest BCUT2D eigenvalue weighted by molar-refractivity contribution is 0.100. The summed E-state index contributed by atoms with van der Waals surface area (Å²) in [6.45, 7) is 5.79. The highest BCUT2D eigenvalue weighted by Crippen LogP contribution is 2.27. The number of benzene rings is 1. The minimum Gasteiger partial charge on any atom is -0.366 e. The SMILES string of the molecule is C=CCc1c(C)nc(-c2ccsc2)nc1Nc1ccc(C(N)=O)cc1. The largest absolute Gasteiger partial charge is 0.366 e. The molecule has 5 nitrogen and oxygen atoms in total. The molecule has 3 aromatic rings. The molecule has 1 aromatic carbocycles. The average molecular weight is 350 g/mol. The van der Waals surface area contributed by atoms with E-state index in [0.29, 0.717) is 17.8 Å². The van der Waals surface area contributed by atoms with Crippen molar-refractivity contribution in [3.05, 3.63) is 70.6 Å². The van der Waals surface area contributed by atoms with Gasteiger partial charge in [-0.05, 0) is 49.1 Å². The molecule has 126 valence electrons. The van der Waals surface area contributed by atoms with Crippen molar-refractivity contribution in [2.75, 3.05) is 5.32 Å². The van der Waals surface area contributed by atoms with Crippen LogP contribution in [-0.2, 0) is 6.42 Å². The second kappa shape index (κ2) is 7.27. The summed E-state index contributed by atoms with van der Waals surface area (Å²) in [5, 5.41) is 7.34. The fraction of sp³-hybridized carbons (Fsp3) is 0.105. The molecule has 0 fully saturated rings. The molecule has 0 aliphatic heterocycles. The van der Waals surface area contributed by atoms with E-state index in [1.165, 1.54) is 0 Å². The van der Waals surface area contributed by atoms with Crippen molar-refractivity contribution in [3.8, 4) is 11.4 Å². The van der Waals surface area contributed by atoms with E-state index in [2.05, 4.69) is 16.9 Å². The molecule has 0 saturated carbocycles. The summed E-state index contributed by atoms with van der Waals surface area (Å²) in [6, 6.07) is 8.98. The van der Waals surface area contributed by atoms with Gasteiger partial charge < -0.3 is 11.1 Å². The number of thiophene rings is 1. The Kier molecular flexibility index (Phi) is 4.90. The summed E-state index contributed by atoms with van der Waals surface area (Å²) in [5.74, 6) is 0.972. The van der Waals surface area contributed by atoms with Gasteiger partial charge in [0, 0.05) is 33.5 Å². The van der Waals surface area contributed by atoms with E-state index in [1.807, 2.05) is 29.8 Å². The van der Waals surface area contributed by atoms with Crippen molar-refractivity contribution in [1.82, 2.24) is 9.97 Å². The van der Waals surface area contributed by atoms with Crippen molar-refractivity contribution in [1.29, 1.82) is 0 Å². The molecule has 0 atom stereocenters. The zero-order valence-corrected chi connectivity index (χ0v) is 14.6. The lowest BCUT2D eigenvalue weighted by Crippen LogP contribution is -2.10. The molecule has 0 spiro atoms. The van der Waals surface area contributed by atoms with Crippen molar-refractivity contribution in [3.63, 3.8) is 0 Å². The standard InChI is InChI=1S/C19H18N4OS/c1-3-4-16-12(2)21-18(14-9-10-25-11-14)23-19(16)22-15-7-5-13(6-8-15)17(20)24/h3,5-11H,1,4H2,2H3,(H2,20,24)(H,21,22,23). The maximum absolute atomic E-state index is 11.2. The van der Waals surface area contributed by atoms with Crippen molar-refractivity contribution < 1.29 is 4.79 Å². The Hall–Kier alpha value is -2.99. The third-order valence-electron chi connectivity index (χ3n) is 3.77. The van der Waals surface area contributed by atoms with E-state index in [4.69, 9.17) is 10.7 Å². The number of rotatable bonds is 6. The fourth-order valence-corrected chi connectivity index (χ4v) is 3.10. The first kappa shape index (κ1) is 16.9. The van der Waals surface area contributed by atoms with Gasteiger partial charge in [-0.3, -0.25) is 4.79 Å². The third kappa shape index (κ3) is 3.75. The van der Waals surface area contributed by atoms with Crippen LogP contribution >= 0.6 is 11.3 Å². The van der Waals surface area contributed by atoms with Crippen LogP contribution in [-0.4, -0.2) is 15.9 Å². The van der Waals surface area contributed by atoms with Gasteiger partial charge in [-0.2, -0.15) is 11.3 Å². The number of anilines is 2. The normalized spacial score (nSPS) is 10.4. The first-order valence-corrected chi connectivity index (χ1v) is 8.70. The van der Waals surface area contributed by atoms with Crippen molar-refractivity contribution >= 4 is 28.7 Å². The zero-order chi connectivity index (χ0) is 17.8. The molecule has 0 aliphatic carbocycles. The van der Waals surface area contributed by atoms with Crippen molar-refractivity contribution in [2.45, 2.75) is 13.3 Å². The lowest BCUT2D eigenvalue weighted by atomic mass is 10.1. The maximum atomic E-state index is 11.2. The number of aryl methyl sites for hydroxylation is 1. The van der Waals surface area contributed by atoms with Crippen molar-refractivity contribution in [2.24, 2.45) is 5.73 Å². The Morgan fingerprint density at radius 3 is 2.64 bits per heavy atom. The number of nitrogens with two attached hydrogens (primary N) is 1. The van der Waals surface area contributed by atoms with Gasteiger partial charge in [0.15, 0.2) is 5.82 Å². The van der Waals surface area contributed by atoms with Gasteiger partial charge in [0.05, 0.1) is 0 Å². The topological polar surface area (TPSA) is 80.9 Å². The number of hydrogen-bond donors (Lipinski definition) is 2. The van der Waals surface area contributed by atoms with Gasteiger partial charge in [-0.15, -0.1) is 6.58 Å². The summed E-state index contributed by atoms with van der Waals surface area (Å²) >= 11 is 1.61. The molecule has 0 saturated heterocycles. The predicted octanol–water partition coefficient (Wildman–Crippen LogP) is 4.08. The monoisotopic (exact) mass is 350 g/mol. The van der Waals surface area contributed by atoms with Gasteiger partial charge in [0.25, 0.3) is 0 Å². The van der Waals surface area contributed by atoms with Gasteiger partial charge in [0.2, 0.25) is 5.91 Å². The number of carbonyl (C=O) groups is 1. The van der Waals surface area contributed by atoms with Crippen LogP contribution in [0.5, 0.6) is 0 Å². The van der Waals surface area contributed by atoms with Crippen LogP contribution in [0, 0.1) is 6.92 Å². The Balaban J connectivity index is 2.00. The number of nitrogens with one attached hydrogen (secondary N) is 1. The minimum atomic E-state index is -0.448. The predicted molar refractivity (Wildman–Crippen MR) is 102 cm³/mol. The summed E-state index contributed by atoms with van der Waals surface area (Å²) < 4.78 is 0. The molecule has 0 bridgehead atoms. The van der Waals surface area contributed by atoms with E-state index >= 15 is 0 Å². The van der Waals surface area contributed by atoms with Crippen LogP contribution in [0.1, 0.15) is 21.6 Å². The fourth-order valence-electron chi connectivity index (χ4n) is 2.46. The van der Waals surface area contributed by atoms with E-state index in [1.54, 1.807) is 35.6 Å². The highest BCUT2D eigenvalue weighted by molar-refractivity contribution is 7.08. The summed E-state index contributed by atoms with van der Waals surface area (Å²) in [7, 11) is 0. The molecule has 1 amide bonds. The van der Waals surface area contributed by atoms with Crippen LogP contribution in [0.3, 0.4) is 0 Å². The molecule has 25 heavy (non-hydrogen) atoms. The molecule has 2 aromatic heterocycles. The molecule has 2 heterocycles. The van der Waals surface area contributed by atoms with Gasteiger partial charge in [0.1, 0.15) is 5.82 Å². The molecule has 6 heteroatoms. The van der Waals surface area contributed by atoms with Crippen LogP contribution in [0.25, 0.3) is 11.4 Å². The Bertz CT molecular complexity index is 902. The number of carbonyl (C=O) groups excluding carboxylic acids is 1. The van der Waals surface area contributed by atoms with E-state index in [0.717, 1.165) is 28.3 Å². The second-order valence-electron chi connectivity index (χ2n) is 5.53. The van der Waals surface area contributed by atoms with Crippen LogP contribution in [0.15, 0.2) is 53.7 Å². The van der Waals surface area contributed by atoms with Gasteiger partial charge in [-0.1, -0.05) is 6.08 Å². The van der Waals surface area contributed by atoms with Gasteiger partial charge >= 0.3 is 0 Å². The first-order chi connectivity index (χ1) is 12.1. The van der Waals surface area contributed by atoms with Gasteiger partial charge in [-0.25, -0.2) is 9.97 Å². The molecule has 0 unspecified atom stereocenters. The lowest BCUT2D eigenvalue weighted by Gasteiger charge is -2.14. The van der Waals surface area contributed by atoms with Crippen LogP contribution in [0.4, 0.5) is 11.5 Å². The number of amides is 1. The number of allylic oxidation sites excluding steroid dienone is 1. The van der Waals surface area contributed by atoms with Crippen LogP contribution < -0.4 is 11.1 Å². The van der Waals surface area contributed by atoms with E-state index < -0.39 is 5.91 Å². The average Bonchev–Trinajstić information content (AvgIpc) is 3.13. The third-order valence-corrected chi connectivity index (χ3v) is 4.46. The summed E-state index contributed by atoms with van der Waals surface area (Å²) in [4.78, 5) is 20.5. The Labute approximate surface area is 150 Å². The first-order valence-electron chi connectivity index (χ1n) is 7.76. The molecule has 0 radical (unpaired) electrons. The molecule has 0 aliphatic rings. The maximum Gasteiger partial charge on any atom is 0.248 e. The van der Waals surface area contributed by atoms with Crippen LogP contribution in [0.2, 0.25) is 0 Å². The smallest absolute Gasteiger partial charge is 0.248 e. The van der Waals surface area contributed by atoms with E-state index in [-0.39, 0.29) is 0 Å². The minimum absolute atomic E-state index is 0.448. The Morgan fingerprint density at radius 2 is 2.04 bits per heavy atom. The number of aromatic nitrogens is 2. The quantitative estimate of drug-likeness (QED) is 0.656. The Morgan fingerprint density at radius 1 is 1.28 bits per heavy atom.